The van der Waals surface area contributed by atoms with Gasteiger partial charge in [-0.25, -0.2) is 0 Å². The SMILES string of the molecule is COc1cc(OC)cc(C(=O)c2ccc[nH]2)c1.O=C(c1cc(O)cc(O)c1)c1ccc[nH]1. The maximum Gasteiger partial charge on any atom is 0.209 e. The van der Waals surface area contributed by atoms with Crippen LogP contribution in [0, 0.1) is 0 Å². The zero-order chi connectivity index (χ0) is 23.1. The van der Waals surface area contributed by atoms with Crippen molar-refractivity contribution in [3.63, 3.8) is 0 Å². The number of H-pyrrole nitrogens is 2. The molecular formula is C24H22N2O6. The number of carbonyl (C=O) groups excluding carboxylic acids is 2. The monoisotopic (exact) mass is 434 g/mol. The van der Waals surface area contributed by atoms with Gasteiger partial charge < -0.3 is 29.7 Å². The van der Waals surface area contributed by atoms with E-state index in [9.17, 15) is 19.8 Å². The maximum atomic E-state index is 12.1. The topological polar surface area (TPSA) is 125 Å². The van der Waals surface area contributed by atoms with Crippen molar-refractivity contribution in [3.8, 4) is 23.0 Å². The lowest BCUT2D eigenvalue weighted by Crippen LogP contribution is -2.02. The average molecular weight is 434 g/mol. The molecule has 0 saturated heterocycles. The maximum absolute atomic E-state index is 12.1. The van der Waals surface area contributed by atoms with Crippen LogP contribution in [0.2, 0.25) is 0 Å². The molecular weight excluding hydrogens is 412 g/mol. The first-order valence-corrected chi connectivity index (χ1v) is 9.53. The molecule has 2 heterocycles. The Hall–Kier alpha value is -4.46. The second-order valence-electron chi connectivity index (χ2n) is 6.67. The predicted octanol–water partition coefficient (Wildman–Crippen LogP) is 3.92. The van der Waals surface area contributed by atoms with Crippen LogP contribution in [-0.4, -0.2) is 46.0 Å². The largest absolute Gasteiger partial charge is 0.508 e. The summed E-state index contributed by atoms with van der Waals surface area (Å²) in [6.45, 7) is 0. The number of nitrogens with one attached hydrogen (secondary N) is 2. The van der Waals surface area contributed by atoms with Crippen molar-refractivity contribution in [2.75, 3.05) is 14.2 Å². The molecule has 0 saturated carbocycles. The molecule has 0 aliphatic heterocycles. The lowest BCUT2D eigenvalue weighted by Gasteiger charge is -2.07. The van der Waals surface area contributed by atoms with Crippen molar-refractivity contribution in [2.45, 2.75) is 0 Å². The highest BCUT2D eigenvalue weighted by Gasteiger charge is 2.13. The number of rotatable bonds is 6. The molecule has 0 bridgehead atoms. The molecule has 2 aromatic heterocycles. The molecule has 164 valence electrons. The van der Waals surface area contributed by atoms with Gasteiger partial charge in [-0.1, -0.05) is 0 Å². The number of carbonyl (C=O) groups is 2. The lowest BCUT2D eigenvalue weighted by molar-refractivity contribution is 0.102. The lowest BCUT2D eigenvalue weighted by atomic mass is 10.1. The van der Waals surface area contributed by atoms with Gasteiger partial charge in [0.2, 0.25) is 11.6 Å². The number of phenols is 2. The van der Waals surface area contributed by atoms with Crippen molar-refractivity contribution in [1.29, 1.82) is 0 Å². The number of aromatic hydroxyl groups is 2. The molecule has 0 aliphatic carbocycles. The zero-order valence-corrected chi connectivity index (χ0v) is 17.5. The van der Waals surface area contributed by atoms with E-state index in [2.05, 4.69) is 9.97 Å². The van der Waals surface area contributed by atoms with E-state index in [1.54, 1.807) is 69.1 Å². The highest BCUT2D eigenvalue weighted by atomic mass is 16.5. The van der Waals surface area contributed by atoms with Crippen molar-refractivity contribution >= 4 is 11.6 Å². The van der Waals surface area contributed by atoms with Crippen LogP contribution < -0.4 is 9.47 Å². The van der Waals surface area contributed by atoms with Crippen LogP contribution in [0.25, 0.3) is 0 Å². The van der Waals surface area contributed by atoms with Crippen molar-refractivity contribution < 1.29 is 29.3 Å². The van der Waals surface area contributed by atoms with Crippen LogP contribution in [-0.2, 0) is 0 Å². The molecule has 0 unspecified atom stereocenters. The van der Waals surface area contributed by atoms with E-state index in [1.807, 2.05) is 0 Å². The fourth-order valence-electron chi connectivity index (χ4n) is 2.92. The van der Waals surface area contributed by atoms with Gasteiger partial charge in [0.05, 0.1) is 25.6 Å². The Labute approximate surface area is 184 Å². The molecule has 32 heavy (non-hydrogen) atoms. The van der Waals surface area contributed by atoms with Gasteiger partial charge in [0.15, 0.2) is 0 Å². The molecule has 4 rings (SSSR count). The summed E-state index contributed by atoms with van der Waals surface area (Å²) in [6.07, 6.45) is 3.35. The van der Waals surface area contributed by atoms with Crippen molar-refractivity contribution in [2.24, 2.45) is 0 Å². The molecule has 8 nitrogen and oxygen atoms in total. The summed E-state index contributed by atoms with van der Waals surface area (Å²) in [5.41, 5.74) is 1.74. The molecule has 0 radical (unpaired) electrons. The van der Waals surface area contributed by atoms with E-state index in [0.717, 1.165) is 0 Å². The second kappa shape index (κ2) is 10.0. The molecule has 0 atom stereocenters. The van der Waals surface area contributed by atoms with Crippen molar-refractivity contribution in [1.82, 2.24) is 9.97 Å². The highest BCUT2D eigenvalue weighted by Crippen LogP contribution is 2.24. The number of hydrogen-bond acceptors (Lipinski definition) is 6. The van der Waals surface area contributed by atoms with Crippen LogP contribution >= 0.6 is 0 Å². The standard InChI is InChI=1S/C13H13NO3.C11H9NO3/c1-16-10-6-9(7-11(8-10)17-2)13(15)12-4-3-5-14-12;13-8-4-7(5-9(14)6-8)11(15)10-2-1-3-12-10/h3-8,14H,1-2H3;1-6,12-14H. The van der Waals surface area contributed by atoms with Gasteiger partial charge in [0.1, 0.15) is 23.0 Å². The van der Waals surface area contributed by atoms with Gasteiger partial charge in [0.25, 0.3) is 0 Å². The number of ether oxygens (including phenoxy) is 2. The molecule has 4 aromatic rings. The van der Waals surface area contributed by atoms with Crippen molar-refractivity contribution in [3.05, 3.63) is 95.6 Å². The summed E-state index contributed by atoms with van der Waals surface area (Å²) < 4.78 is 10.2. The van der Waals surface area contributed by atoms with E-state index < -0.39 is 0 Å². The minimum absolute atomic E-state index is 0.0906. The summed E-state index contributed by atoms with van der Waals surface area (Å²) in [4.78, 5) is 29.5. The summed E-state index contributed by atoms with van der Waals surface area (Å²) in [7, 11) is 3.11. The summed E-state index contributed by atoms with van der Waals surface area (Å²) >= 11 is 0. The van der Waals surface area contributed by atoms with E-state index in [-0.39, 0.29) is 28.6 Å². The fraction of sp³-hybridized carbons (Fsp3) is 0.0833. The quantitative estimate of drug-likeness (QED) is 0.341. The third kappa shape index (κ3) is 5.37. The highest BCUT2D eigenvalue weighted by molar-refractivity contribution is 6.08. The Morgan fingerprint density at radius 1 is 0.688 bits per heavy atom. The van der Waals surface area contributed by atoms with Gasteiger partial charge >= 0.3 is 0 Å². The summed E-state index contributed by atoms with van der Waals surface area (Å²) in [6, 6.07) is 15.7. The minimum atomic E-state index is -0.272. The predicted molar refractivity (Wildman–Crippen MR) is 118 cm³/mol. The Bertz CT molecular complexity index is 1150. The minimum Gasteiger partial charge on any atom is -0.508 e. The Morgan fingerprint density at radius 2 is 1.12 bits per heavy atom. The third-order valence-electron chi connectivity index (χ3n) is 4.46. The van der Waals surface area contributed by atoms with E-state index >= 15 is 0 Å². The van der Waals surface area contributed by atoms with Crippen LogP contribution in [0.5, 0.6) is 23.0 Å². The smallest absolute Gasteiger partial charge is 0.209 e. The summed E-state index contributed by atoms with van der Waals surface area (Å²) in [5.74, 6) is 0.562. The Balaban J connectivity index is 0.000000182. The van der Waals surface area contributed by atoms with Crippen LogP contribution in [0.1, 0.15) is 32.1 Å². The number of phenolic OH excluding ortho intramolecular Hbond substituents is 2. The third-order valence-corrected chi connectivity index (χ3v) is 4.46. The number of aromatic nitrogens is 2. The molecule has 0 spiro atoms. The molecule has 0 amide bonds. The van der Waals surface area contributed by atoms with Gasteiger partial charge in [-0.3, -0.25) is 9.59 Å². The Kier molecular flexibility index (Phi) is 6.97. The molecule has 0 fully saturated rings. The second-order valence-corrected chi connectivity index (χ2v) is 6.67. The van der Waals surface area contributed by atoms with E-state index in [0.29, 0.717) is 28.5 Å². The van der Waals surface area contributed by atoms with Gasteiger partial charge in [-0.05, 0) is 48.5 Å². The van der Waals surface area contributed by atoms with Gasteiger partial charge in [-0.2, -0.15) is 0 Å². The molecule has 0 aliphatic rings. The molecule has 8 heteroatoms. The van der Waals surface area contributed by atoms with Gasteiger partial charge in [0, 0.05) is 35.7 Å². The Morgan fingerprint density at radius 3 is 1.50 bits per heavy atom. The molecule has 2 aromatic carbocycles. The normalized spacial score (nSPS) is 10.1. The number of hydrogen-bond donors (Lipinski definition) is 4. The average Bonchev–Trinajstić information content (AvgIpc) is 3.52. The van der Waals surface area contributed by atoms with Gasteiger partial charge in [-0.15, -0.1) is 0 Å². The van der Waals surface area contributed by atoms with E-state index in [4.69, 9.17) is 9.47 Å². The number of ketones is 2. The number of aromatic amines is 2. The summed E-state index contributed by atoms with van der Waals surface area (Å²) in [5, 5.41) is 18.4. The van der Waals surface area contributed by atoms with Crippen LogP contribution in [0.3, 0.4) is 0 Å². The number of benzene rings is 2. The first kappa shape index (κ1) is 22.2. The fourth-order valence-corrected chi connectivity index (χ4v) is 2.92. The number of methoxy groups -OCH3 is 2. The first-order valence-electron chi connectivity index (χ1n) is 9.53. The first-order chi connectivity index (χ1) is 15.4. The molecule has 4 N–H and O–H groups in total. The van der Waals surface area contributed by atoms with Crippen LogP contribution in [0.4, 0.5) is 0 Å². The van der Waals surface area contributed by atoms with E-state index in [1.165, 1.54) is 18.2 Å². The van der Waals surface area contributed by atoms with Crippen LogP contribution in [0.15, 0.2) is 73.1 Å². The zero-order valence-electron chi connectivity index (χ0n) is 17.5.